The molecule has 1 aliphatic heterocycles. The molecule has 0 N–H and O–H groups in total. The van der Waals surface area contributed by atoms with Crippen LogP contribution in [0.15, 0.2) is 46.9 Å². The Labute approximate surface area is 194 Å². The zero-order valence-electron chi connectivity index (χ0n) is 17.6. The molecule has 0 unspecified atom stereocenters. The zero-order chi connectivity index (χ0) is 22.2. The topological polar surface area (TPSA) is 72.3 Å². The number of carbonyl (C=O) groups excluding carboxylic acids is 2. The van der Waals surface area contributed by atoms with Gasteiger partial charge in [0.2, 0.25) is 0 Å². The molecular formula is C24H23N3O3S2. The van der Waals surface area contributed by atoms with Crippen molar-refractivity contribution in [3.63, 3.8) is 0 Å². The van der Waals surface area contributed by atoms with Crippen LogP contribution in [-0.4, -0.2) is 38.6 Å². The molecule has 2 aliphatic rings. The number of thioether (sulfide) groups is 1. The maximum atomic E-state index is 13.4. The molecule has 0 spiro atoms. The Morgan fingerprint density at radius 3 is 2.50 bits per heavy atom. The van der Waals surface area contributed by atoms with Gasteiger partial charge in [-0.2, -0.15) is 0 Å². The molecule has 0 bridgehead atoms. The lowest BCUT2D eigenvalue weighted by molar-refractivity contribution is 0.0664. The summed E-state index contributed by atoms with van der Waals surface area (Å²) in [6, 6.07) is 6.89. The van der Waals surface area contributed by atoms with E-state index in [1.165, 1.54) is 33.5 Å². The highest BCUT2D eigenvalue weighted by molar-refractivity contribution is 7.99. The molecule has 6 nitrogen and oxygen atoms in total. The van der Waals surface area contributed by atoms with E-state index >= 15 is 0 Å². The summed E-state index contributed by atoms with van der Waals surface area (Å²) >= 11 is 3.04. The summed E-state index contributed by atoms with van der Waals surface area (Å²) in [6.07, 6.45) is 7.11. The molecule has 0 saturated carbocycles. The summed E-state index contributed by atoms with van der Waals surface area (Å²) in [7, 11) is 0. The maximum Gasteiger partial charge on any atom is 0.263 e. The minimum atomic E-state index is -0.264. The Hall–Kier alpha value is -2.71. The molecule has 5 rings (SSSR count). The van der Waals surface area contributed by atoms with Crippen molar-refractivity contribution in [2.45, 2.75) is 43.8 Å². The van der Waals surface area contributed by atoms with E-state index in [-0.39, 0.29) is 23.9 Å². The van der Waals surface area contributed by atoms with Gasteiger partial charge in [-0.15, -0.1) is 17.9 Å². The highest BCUT2D eigenvalue weighted by atomic mass is 32.2. The van der Waals surface area contributed by atoms with Gasteiger partial charge in [0.15, 0.2) is 5.16 Å². The number of benzene rings is 1. The van der Waals surface area contributed by atoms with E-state index in [4.69, 9.17) is 4.98 Å². The van der Waals surface area contributed by atoms with Gasteiger partial charge in [-0.3, -0.25) is 23.9 Å². The predicted molar refractivity (Wildman–Crippen MR) is 128 cm³/mol. The molecule has 1 aliphatic carbocycles. The van der Waals surface area contributed by atoms with Crippen molar-refractivity contribution < 1.29 is 9.59 Å². The number of thiophene rings is 1. The first-order valence-corrected chi connectivity index (χ1v) is 12.6. The number of carbonyl (C=O) groups is 2. The van der Waals surface area contributed by atoms with Gasteiger partial charge in [-0.05, 0) is 43.4 Å². The minimum absolute atomic E-state index is 0.0162. The summed E-state index contributed by atoms with van der Waals surface area (Å²) in [5.41, 5.74) is 2.06. The van der Waals surface area contributed by atoms with Crippen LogP contribution in [0.3, 0.4) is 0 Å². The fraction of sp³-hybridized carbons (Fsp3) is 0.333. The predicted octanol–water partition coefficient (Wildman–Crippen LogP) is 4.30. The zero-order valence-corrected chi connectivity index (χ0v) is 19.3. The van der Waals surface area contributed by atoms with Crippen LogP contribution < -0.4 is 5.56 Å². The number of fused-ring (bicyclic) bond motifs is 4. The molecule has 0 radical (unpaired) electrons. The first-order chi connectivity index (χ1) is 15.6. The van der Waals surface area contributed by atoms with Crippen molar-refractivity contribution in [2.75, 3.05) is 12.3 Å². The van der Waals surface area contributed by atoms with E-state index in [9.17, 15) is 14.4 Å². The van der Waals surface area contributed by atoms with E-state index in [0.29, 0.717) is 28.6 Å². The van der Waals surface area contributed by atoms with Crippen molar-refractivity contribution in [1.29, 1.82) is 0 Å². The lowest BCUT2D eigenvalue weighted by Gasteiger charge is -2.14. The number of nitrogens with zero attached hydrogens (tertiary/aromatic N) is 3. The number of imide groups is 1. The standard InChI is InChI=1S/C24H23N3O3S2/c1-2-12-27-23(30)19-17-10-4-3-5-11-18(17)32-20(19)25-24(27)31-14-13-26-21(28)15-8-6-7-9-16(15)22(26)29/h2,6-9H,1,3-5,10-14H2. The number of amides is 2. The van der Waals surface area contributed by atoms with Crippen LogP contribution in [0.1, 0.15) is 50.4 Å². The molecular weight excluding hydrogens is 442 g/mol. The van der Waals surface area contributed by atoms with E-state index in [2.05, 4.69) is 6.58 Å². The first kappa shape index (κ1) is 21.2. The number of aromatic nitrogens is 2. The third kappa shape index (κ3) is 3.51. The Bertz CT molecular complexity index is 1270. The van der Waals surface area contributed by atoms with Crippen LogP contribution in [0.4, 0.5) is 0 Å². The molecule has 32 heavy (non-hydrogen) atoms. The molecule has 0 saturated heterocycles. The van der Waals surface area contributed by atoms with Gasteiger partial charge < -0.3 is 0 Å². The van der Waals surface area contributed by atoms with Gasteiger partial charge in [0, 0.05) is 23.7 Å². The average molecular weight is 466 g/mol. The van der Waals surface area contributed by atoms with Crippen LogP contribution in [0.5, 0.6) is 0 Å². The Morgan fingerprint density at radius 1 is 1.06 bits per heavy atom. The largest absolute Gasteiger partial charge is 0.283 e. The number of aryl methyl sites for hydroxylation is 2. The highest BCUT2D eigenvalue weighted by Gasteiger charge is 2.34. The van der Waals surface area contributed by atoms with Gasteiger partial charge in [0.25, 0.3) is 17.4 Å². The molecule has 0 fully saturated rings. The van der Waals surface area contributed by atoms with E-state index in [0.717, 1.165) is 35.9 Å². The second-order valence-corrected chi connectivity index (χ2v) is 10.1. The van der Waals surface area contributed by atoms with Crippen molar-refractivity contribution in [2.24, 2.45) is 0 Å². The first-order valence-electron chi connectivity index (χ1n) is 10.8. The molecule has 3 heterocycles. The fourth-order valence-corrected chi connectivity index (χ4v) is 6.70. The number of rotatable bonds is 6. The fourth-order valence-electron chi connectivity index (χ4n) is 4.47. The number of hydrogen-bond donors (Lipinski definition) is 0. The van der Waals surface area contributed by atoms with Crippen LogP contribution in [0.2, 0.25) is 0 Å². The lowest BCUT2D eigenvalue weighted by atomic mass is 10.1. The lowest BCUT2D eigenvalue weighted by Crippen LogP contribution is -2.32. The average Bonchev–Trinajstić information content (AvgIpc) is 3.14. The smallest absolute Gasteiger partial charge is 0.263 e. The van der Waals surface area contributed by atoms with Gasteiger partial charge in [-0.25, -0.2) is 4.98 Å². The summed E-state index contributed by atoms with van der Waals surface area (Å²) in [4.78, 5) is 46.8. The van der Waals surface area contributed by atoms with E-state index < -0.39 is 0 Å². The summed E-state index contributed by atoms with van der Waals surface area (Å²) in [6.45, 7) is 4.44. The molecule has 164 valence electrons. The second-order valence-electron chi connectivity index (χ2n) is 8.00. The maximum absolute atomic E-state index is 13.4. The van der Waals surface area contributed by atoms with Gasteiger partial charge in [-0.1, -0.05) is 36.4 Å². The molecule has 0 atom stereocenters. The number of allylic oxidation sites excluding steroid dienone is 1. The monoisotopic (exact) mass is 465 g/mol. The van der Waals surface area contributed by atoms with E-state index in [1.807, 2.05) is 0 Å². The van der Waals surface area contributed by atoms with Gasteiger partial charge >= 0.3 is 0 Å². The van der Waals surface area contributed by atoms with Crippen LogP contribution in [0, 0.1) is 0 Å². The minimum Gasteiger partial charge on any atom is -0.283 e. The molecule has 3 aromatic rings. The van der Waals surface area contributed by atoms with Gasteiger partial charge in [0.1, 0.15) is 4.83 Å². The summed E-state index contributed by atoms with van der Waals surface area (Å²) in [5, 5.41) is 1.37. The number of hydrogen-bond acceptors (Lipinski definition) is 6. The molecule has 2 aromatic heterocycles. The van der Waals surface area contributed by atoms with Crippen LogP contribution in [0.25, 0.3) is 10.2 Å². The molecule has 8 heteroatoms. The Balaban J connectivity index is 1.41. The highest BCUT2D eigenvalue weighted by Crippen LogP contribution is 2.34. The Kier molecular flexibility index (Phi) is 5.73. The summed E-state index contributed by atoms with van der Waals surface area (Å²) < 4.78 is 1.67. The van der Waals surface area contributed by atoms with Crippen LogP contribution in [-0.2, 0) is 19.4 Å². The van der Waals surface area contributed by atoms with Crippen LogP contribution >= 0.6 is 23.1 Å². The quantitative estimate of drug-likeness (QED) is 0.178. The third-order valence-electron chi connectivity index (χ3n) is 6.03. The SMILES string of the molecule is C=CCn1c(SCCN2C(=O)c3ccccc3C2=O)nc2sc3c(c2c1=O)CCCCC3. The van der Waals surface area contributed by atoms with Crippen molar-refractivity contribution >= 4 is 45.1 Å². The summed E-state index contributed by atoms with van der Waals surface area (Å²) in [5.74, 6) is -0.0637. The third-order valence-corrected chi connectivity index (χ3v) is 8.17. The second kappa shape index (κ2) is 8.67. The van der Waals surface area contributed by atoms with Gasteiger partial charge in [0.05, 0.1) is 16.5 Å². The molecule has 2 amide bonds. The van der Waals surface area contributed by atoms with Crippen molar-refractivity contribution in [3.8, 4) is 0 Å². The van der Waals surface area contributed by atoms with E-state index in [1.54, 1.807) is 46.2 Å². The van der Waals surface area contributed by atoms with Crippen molar-refractivity contribution in [3.05, 3.63) is 68.8 Å². The normalized spacial score (nSPS) is 15.7. The Morgan fingerprint density at radius 2 is 1.78 bits per heavy atom. The van der Waals surface area contributed by atoms with Crippen molar-refractivity contribution in [1.82, 2.24) is 14.5 Å². The molecule has 1 aromatic carbocycles.